The van der Waals surface area contributed by atoms with Gasteiger partial charge in [-0.15, -0.1) is 0 Å². The number of aromatic nitrogens is 2. The van der Waals surface area contributed by atoms with E-state index >= 15 is 0 Å². The lowest BCUT2D eigenvalue weighted by atomic mass is 10.4. The highest BCUT2D eigenvalue weighted by Gasteiger charge is 2.14. The lowest BCUT2D eigenvalue weighted by Gasteiger charge is -2.14. The minimum absolute atomic E-state index is 0.111. The number of nitrogens with zero attached hydrogens (tertiary/aromatic N) is 2. The number of hydrogen-bond donors (Lipinski definition) is 2. The molecular weight excluding hydrogens is 158 g/mol. The first-order valence-electron chi connectivity index (χ1n) is 3.82. The first-order valence-corrected chi connectivity index (χ1v) is 3.82. The molecule has 0 amide bonds. The zero-order valence-electron chi connectivity index (χ0n) is 6.45. The maximum Gasteiger partial charge on any atom is 0.356 e. The number of aryl methyl sites for hydroxylation is 1. The van der Waals surface area contributed by atoms with Gasteiger partial charge in [0.15, 0.2) is 5.69 Å². The van der Waals surface area contributed by atoms with Crippen LogP contribution >= 0.6 is 0 Å². The maximum atomic E-state index is 10.5. The summed E-state index contributed by atoms with van der Waals surface area (Å²) in [6, 6.07) is 0. The van der Waals surface area contributed by atoms with E-state index in [1.54, 1.807) is 6.20 Å². The predicted octanol–water partition coefficient (Wildman–Crippen LogP) is 0.397. The molecule has 0 unspecified atom stereocenters. The van der Waals surface area contributed by atoms with Crippen molar-refractivity contribution < 1.29 is 9.90 Å². The minimum atomic E-state index is -0.973. The van der Waals surface area contributed by atoms with Gasteiger partial charge in [-0.3, -0.25) is 0 Å². The standard InChI is InChI=1S/C7H9N3O2/c11-6(12)5-4-10-3-1-2-8-7(10)9-5/h4H,1-3H2,(H,8,9)(H,11,12). The molecule has 0 spiro atoms. The van der Waals surface area contributed by atoms with E-state index in [2.05, 4.69) is 10.3 Å². The van der Waals surface area contributed by atoms with E-state index in [9.17, 15) is 4.79 Å². The van der Waals surface area contributed by atoms with Crippen molar-refractivity contribution in [3.63, 3.8) is 0 Å². The number of aromatic carboxylic acids is 1. The smallest absolute Gasteiger partial charge is 0.356 e. The van der Waals surface area contributed by atoms with Crippen LogP contribution in [0.5, 0.6) is 0 Å². The van der Waals surface area contributed by atoms with E-state index in [1.807, 2.05) is 4.57 Å². The zero-order valence-corrected chi connectivity index (χ0v) is 6.45. The van der Waals surface area contributed by atoms with Crippen molar-refractivity contribution in [1.29, 1.82) is 0 Å². The summed E-state index contributed by atoms with van der Waals surface area (Å²) >= 11 is 0. The molecule has 2 rings (SSSR count). The SMILES string of the molecule is O=C(O)c1cn2c(n1)NCCC2. The Morgan fingerprint density at radius 2 is 2.58 bits per heavy atom. The lowest BCUT2D eigenvalue weighted by molar-refractivity contribution is 0.0691. The predicted molar refractivity (Wildman–Crippen MR) is 42.3 cm³/mol. The quantitative estimate of drug-likeness (QED) is 0.635. The molecule has 0 saturated heterocycles. The highest BCUT2D eigenvalue weighted by molar-refractivity contribution is 5.85. The number of nitrogens with one attached hydrogen (secondary N) is 1. The van der Waals surface area contributed by atoms with Gasteiger partial charge < -0.3 is 15.0 Å². The van der Waals surface area contributed by atoms with Gasteiger partial charge in [0.25, 0.3) is 0 Å². The molecule has 0 aliphatic carbocycles. The van der Waals surface area contributed by atoms with Gasteiger partial charge in [0.05, 0.1) is 0 Å². The molecular formula is C7H9N3O2. The molecule has 0 saturated carbocycles. The number of carboxylic acid groups (broad SMARTS) is 1. The molecule has 0 fully saturated rings. The van der Waals surface area contributed by atoms with Gasteiger partial charge >= 0.3 is 5.97 Å². The Bertz CT molecular complexity index is 295. The largest absolute Gasteiger partial charge is 0.476 e. The monoisotopic (exact) mass is 167 g/mol. The molecule has 0 aromatic carbocycles. The third-order valence-corrected chi connectivity index (χ3v) is 1.85. The van der Waals surface area contributed by atoms with Crippen molar-refractivity contribution in [3.05, 3.63) is 11.9 Å². The van der Waals surface area contributed by atoms with Gasteiger partial charge in [-0.25, -0.2) is 9.78 Å². The molecule has 0 atom stereocenters. The molecule has 1 aliphatic heterocycles. The molecule has 64 valence electrons. The van der Waals surface area contributed by atoms with E-state index in [0.29, 0.717) is 5.95 Å². The number of rotatable bonds is 1. The summed E-state index contributed by atoms with van der Waals surface area (Å²) in [5.41, 5.74) is 0.111. The number of fused-ring (bicyclic) bond motifs is 1. The van der Waals surface area contributed by atoms with Crippen LogP contribution in [0.2, 0.25) is 0 Å². The number of hydrogen-bond acceptors (Lipinski definition) is 3. The van der Waals surface area contributed by atoms with E-state index in [1.165, 1.54) is 0 Å². The summed E-state index contributed by atoms with van der Waals surface area (Å²) in [5.74, 6) is -0.308. The van der Waals surface area contributed by atoms with Crippen molar-refractivity contribution in [3.8, 4) is 0 Å². The third-order valence-electron chi connectivity index (χ3n) is 1.85. The molecule has 12 heavy (non-hydrogen) atoms. The summed E-state index contributed by atoms with van der Waals surface area (Å²) < 4.78 is 1.83. The minimum Gasteiger partial charge on any atom is -0.476 e. The van der Waals surface area contributed by atoms with Crippen molar-refractivity contribution in [2.75, 3.05) is 11.9 Å². The Morgan fingerprint density at radius 1 is 1.75 bits per heavy atom. The maximum absolute atomic E-state index is 10.5. The fourth-order valence-corrected chi connectivity index (χ4v) is 1.28. The van der Waals surface area contributed by atoms with Gasteiger partial charge in [0, 0.05) is 19.3 Å². The second kappa shape index (κ2) is 2.51. The summed E-state index contributed by atoms with van der Waals surface area (Å²) in [5, 5.41) is 11.7. The molecule has 2 N–H and O–H groups in total. The highest BCUT2D eigenvalue weighted by atomic mass is 16.4. The van der Waals surface area contributed by atoms with E-state index < -0.39 is 5.97 Å². The summed E-state index contributed by atoms with van der Waals surface area (Å²) in [4.78, 5) is 14.4. The fraction of sp³-hybridized carbons (Fsp3) is 0.429. The summed E-state index contributed by atoms with van der Waals surface area (Å²) in [7, 11) is 0. The van der Waals surface area contributed by atoms with E-state index in [0.717, 1.165) is 19.5 Å². The van der Waals surface area contributed by atoms with Crippen LogP contribution in [-0.2, 0) is 6.54 Å². The normalized spacial score (nSPS) is 15.0. The molecule has 0 bridgehead atoms. The molecule has 1 aliphatic rings. The Labute approximate surface area is 69.0 Å². The summed E-state index contributed by atoms with van der Waals surface area (Å²) in [6.07, 6.45) is 2.58. The van der Waals surface area contributed by atoms with E-state index in [-0.39, 0.29) is 5.69 Å². The van der Waals surface area contributed by atoms with Gasteiger partial charge in [-0.2, -0.15) is 0 Å². The molecule has 1 aromatic heterocycles. The molecule has 5 nitrogen and oxygen atoms in total. The van der Waals surface area contributed by atoms with Crippen molar-refractivity contribution in [1.82, 2.24) is 9.55 Å². The summed E-state index contributed by atoms with van der Waals surface area (Å²) in [6.45, 7) is 1.72. The van der Waals surface area contributed by atoms with Crippen LogP contribution in [0.25, 0.3) is 0 Å². The molecule has 1 aromatic rings. The first-order chi connectivity index (χ1) is 5.77. The first kappa shape index (κ1) is 7.15. The topological polar surface area (TPSA) is 67.1 Å². The van der Waals surface area contributed by atoms with Crippen molar-refractivity contribution >= 4 is 11.9 Å². The second-order valence-corrected chi connectivity index (χ2v) is 2.73. The number of carbonyl (C=O) groups is 1. The van der Waals surface area contributed by atoms with Gasteiger partial charge in [0.2, 0.25) is 5.95 Å². The van der Waals surface area contributed by atoms with Crippen LogP contribution in [0.15, 0.2) is 6.20 Å². The van der Waals surface area contributed by atoms with Crippen LogP contribution in [-0.4, -0.2) is 27.2 Å². The fourth-order valence-electron chi connectivity index (χ4n) is 1.28. The Hall–Kier alpha value is -1.52. The number of anilines is 1. The van der Waals surface area contributed by atoms with Crippen molar-refractivity contribution in [2.45, 2.75) is 13.0 Å². The van der Waals surface area contributed by atoms with Crippen LogP contribution in [0.3, 0.4) is 0 Å². The number of imidazole rings is 1. The zero-order chi connectivity index (χ0) is 8.55. The van der Waals surface area contributed by atoms with Gasteiger partial charge in [-0.05, 0) is 6.42 Å². The van der Waals surface area contributed by atoms with Crippen molar-refractivity contribution in [2.24, 2.45) is 0 Å². The Balaban J connectivity index is 2.38. The Morgan fingerprint density at radius 3 is 3.25 bits per heavy atom. The molecule has 5 heteroatoms. The van der Waals surface area contributed by atoms with Crippen LogP contribution in [0.1, 0.15) is 16.9 Å². The van der Waals surface area contributed by atoms with Crippen LogP contribution in [0, 0.1) is 0 Å². The molecule has 2 heterocycles. The Kier molecular flexibility index (Phi) is 1.49. The van der Waals surface area contributed by atoms with Crippen LogP contribution in [0.4, 0.5) is 5.95 Å². The number of carboxylic acids is 1. The average Bonchev–Trinajstić information content (AvgIpc) is 2.46. The third kappa shape index (κ3) is 1.03. The van der Waals surface area contributed by atoms with Gasteiger partial charge in [-0.1, -0.05) is 0 Å². The highest BCUT2D eigenvalue weighted by Crippen LogP contribution is 2.13. The average molecular weight is 167 g/mol. The second-order valence-electron chi connectivity index (χ2n) is 2.73. The van der Waals surface area contributed by atoms with E-state index in [4.69, 9.17) is 5.11 Å². The molecule has 0 radical (unpaired) electrons. The lowest BCUT2D eigenvalue weighted by Crippen LogP contribution is -2.16. The van der Waals surface area contributed by atoms with Gasteiger partial charge in [0.1, 0.15) is 0 Å². The van der Waals surface area contributed by atoms with Crippen LogP contribution < -0.4 is 5.32 Å².